The van der Waals surface area contributed by atoms with Gasteiger partial charge >= 0.3 is 0 Å². The summed E-state index contributed by atoms with van der Waals surface area (Å²) in [6, 6.07) is 29.7. The summed E-state index contributed by atoms with van der Waals surface area (Å²) in [5.74, 6) is 0. The first-order valence-corrected chi connectivity index (χ1v) is 16.9. The van der Waals surface area contributed by atoms with E-state index in [1.54, 1.807) is 0 Å². The number of anilines is 3. The summed E-state index contributed by atoms with van der Waals surface area (Å²) in [7, 11) is -0.812. The molecule has 1 aliphatic rings. The van der Waals surface area contributed by atoms with Crippen LogP contribution < -0.4 is 20.8 Å². The van der Waals surface area contributed by atoms with Crippen LogP contribution in [0.25, 0.3) is 0 Å². The van der Waals surface area contributed by atoms with Gasteiger partial charge in [-0.15, -0.1) is 0 Å². The second-order valence-electron chi connectivity index (χ2n) is 12.0. The molecule has 0 aliphatic carbocycles. The third-order valence-electron chi connectivity index (χ3n) is 8.49. The van der Waals surface area contributed by atoms with Crippen molar-refractivity contribution >= 4 is 52.7 Å². The summed E-state index contributed by atoms with van der Waals surface area (Å²) in [4.78, 5) is 5.14. The zero-order valence-corrected chi connectivity index (χ0v) is 28.0. The summed E-state index contributed by atoms with van der Waals surface area (Å²) >= 11 is 1.87. The Balaban J connectivity index is 1.71. The van der Waals surface area contributed by atoms with Crippen LogP contribution in [0.1, 0.15) is 50.1 Å². The number of aryl methyl sites for hydroxylation is 8. The number of rotatable bonds is 4. The minimum Gasteiger partial charge on any atom is -0.308 e. The quantitative estimate of drug-likeness (QED) is 0.189. The van der Waals surface area contributed by atoms with Crippen molar-refractivity contribution in [2.75, 3.05) is 4.90 Å². The van der Waals surface area contributed by atoms with Gasteiger partial charge < -0.3 is 4.90 Å². The molecule has 0 spiro atoms. The summed E-state index contributed by atoms with van der Waals surface area (Å²) in [6.45, 7) is 20.7. The Morgan fingerprint density at radius 2 is 0.881 bits per heavy atom. The Morgan fingerprint density at radius 3 is 1.33 bits per heavy atom. The van der Waals surface area contributed by atoms with Gasteiger partial charge in [-0.3, -0.25) is 0 Å². The monoisotopic (exact) mass is 585 g/mol. The molecular formula is C39H40NPS. The predicted octanol–water partition coefficient (Wildman–Crippen LogP) is 10.2. The Kier molecular flexibility index (Phi) is 7.58. The molecule has 0 radical (unpaired) electrons. The highest BCUT2D eigenvalue weighted by molar-refractivity contribution is 7.99. The minimum absolute atomic E-state index is 0.812. The van der Waals surface area contributed by atoms with Crippen LogP contribution in [0.15, 0.2) is 88.7 Å². The van der Waals surface area contributed by atoms with Gasteiger partial charge in [0.2, 0.25) is 0 Å². The van der Waals surface area contributed by atoms with Gasteiger partial charge in [0.15, 0.2) is 0 Å². The van der Waals surface area contributed by atoms with E-state index in [1.165, 1.54) is 92.8 Å². The Morgan fingerprint density at radius 1 is 0.476 bits per heavy atom. The predicted molar refractivity (Wildman–Crippen MR) is 187 cm³/mol. The Bertz CT molecular complexity index is 1720. The van der Waals surface area contributed by atoms with Crippen molar-refractivity contribution in [3.8, 4) is 0 Å². The van der Waals surface area contributed by atoms with Crippen LogP contribution in [-0.4, -0.2) is 0 Å². The van der Waals surface area contributed by atoms with Crippen LogP contribution in [0.2, 0.25) is 0 Å². The average Bonchev–Trinajstić information content (AvgIpc) is 2.91. The van der Waals surface area contributed by atoms with E-state index in [-0.39, 0.29) is 0 Å². The maximum absolute atomic E-state index is 2.53. The third-order valence-corrected chi connectivity index (χ3v) is 13.1. The molecule has 0 unspecified atom stereocenters. The van der Waals surface area contributed by atoms with Crippen molar-refractivity contribution < 1.29 is 0 Å². The van der Waals surface area contributed by atoms with E-state index in [0.717, 1.165) is 0 Å². The van der Waals surface area contributed by atoms with Crippen LogP contribution in [0.4, 0.5) is 17.1 Å². The molecule has 1 aliphatic heterocycles. The maximum Gasteiger partial charge on any atom is 0.0601 e. The van der Waals surface area contributed by atoms with Crippen LogP contribution in [0, 0.1) is 62.3 Å². The van der Waals surface area contributed by atoms with Crippen molar-refractivity contribution in [1.29, 1.82) is 0 Å². The van der Waals surface area contributed by atoms with E-state index in [2.05, 4.69) is 146 Å². The van der Waals surface area contributed by atoms with Crippen LogP contribution >= 0.6 is 19.7 Å². The molecule has 6 rings (SSSR count). The van der Waals surface area contributed by atoms with Crippen LogP contribution in [0.5, 0.6) is 0 Å². The lowest BCUT2D eigenvalue weighted by molar-refractivity contribution is 1.14. The summed E-state index contributed by atoms with van der Waals surface area (Å²) < 4.78 is 0. The number of hydrogen-bond donors (Lipinski definition) is 0. The summed E-state index contributed by atoms with van der Waals surface area (Å²) in [5, 5.41) is 4.49. The molecule has 0 bridgehead atoms. The van der Waals surface area contributed by atoms with Crippen molar-refractivity contribution in [2.45, 2.75) is 72.1 Å². The van der Waals surface area contributed by atoms with Gasteiger partial charge in [-0.05, 0) is 149 Å². The zero-order valence-electron chi connectivity index (χ0n) is 26.3. The Labute approximate surface area is 257 Å². The molecule has 0 N–H and O–H groups in total. The molecule has 0 aromatic heterocycles. The first-order chi connectivity index (χ1) is 20.1. The molecule has 5 aromatic carbocycles. The smallest absolute Gasteiger partial charge is 0.0601 e. The highest BCUT2D eigenvalue weighted by Crippen LogP contribution is 2.53. The molecule has 3 heteroatoms. The number of benzene rings is 5. The fourth-order valence-corrected chi connectivity index (χ4v) is 11.4. The van der Waals surface area contributed by atoms with Crippen molar-refractivity contribution in [2.24, 2.45) is 0 Å². The van der Waals surface area contributed by atoms with Crippen molar-refractivity contribution in [1.82, 2.24) is 0 Å². The summed E-state index contributed by atoms with van der Waals surface area (Å²) in [5.41, 5.74) is 16.1. The Hall–Kier alpha value is -3.32. The fourth-order valence-electron chi connectivity index (χ4n) is 7.18. The molecule has 0 amide bonds. The standard InChI is InChI=1S/C39H40NPS/c1-23-18-26(4)37(27(5)19-23)41(38-28(6)20-24(2)21-29(38)7)39-30(8)22-25(3)36(31(39)9)40-32-14-10-12-16-34(32)42-35-17-13-11-15-33(35)40/h10-22H,1-9H3. The number of fused-ring (bicyclic) bond motifs is 2. The average molecular weight is 586 g/mol. The van der Waals surface area contributed by atoms with E-state index in [0.29, 0.717) is 0 Å². The number of nitrogens with zero attached hydrogens (tertiary/aromatic N) is 1. The van der Waals surface area contributed by atoms with Crippen LogP contribution in [0.3, 0.4) is 0 Å². The van der Waals surface area contributed by atoms with Crippen molar-refractivity contribution in [3.05, 3.63) is 129 Å². The van der Waals surface area contributed by atoms with E-state index < -0.39 is 7.92 Å². The number of hydrogen-bond acceptors (Lipinski definition) is 2. The minimum atomic E-state index is -0.812. The molecule has 42 heavy (non-hydrogen) atoms. The van der Waals surface area contributed by atoms with Crippen LogP contribution in [-0.2, 0) is 0 Å². The van der Waals surface area contributed by atoms with E-state index in [9.17, 15) is 0 Å². The molecule has 1 nitrogen and oxygen atoms in total. The molecule has 0 fully saturated rings. The normalized spacial score (nSPS) is 12.5. The maximum atomic E-state index is 2.53. The highest BCUT2D eigenvalue weighted by Gasteiger charge is 2.32. The lowest BCUT2D eigenvalue weighted by Gasteiger charge is -2.37. The van der Waals surface area contributed by atoms with Gasteiger partial charge in [0, 0.05) is 9.79 Å². The molecule has 0 saturated carbocycles. The van der Waals surface area contributed by atoms with Gasteiger partial charge in [-0.1, -0.05) is 77.5 Å². The molecule has 1 heterocycles. The SMILES string of the molecule is Cc1cc(C)c(P(c2c(C)cc(C)cc2C)c2c(C)cc(C)c(N3c4ccccc4Sc4ccccc43)c2C)c(C)c1. The third kappa shape index (κ3) is 4.80. The highest BCUT2D eigenvalue weighted by atomic mass is 32.2. The zero-order chi connectivity index (χ0) is 29.9. The molecular weight excluding hydrogens is 545 g/mol. The molecule has 0 saturated heterocycles. The second kappa shape index (κ2) is 11.1. The van der Waals surface area contributed by atoms with E-state index in [4.69, 9.17) is 0 Å². The lowest BCUT2D eigenvalue weighted by Crippen LogP contribution is -2.31. The number of para-hydroxylation sites is 2. The van der Waals surface area contributed by atoms with Gasteiger partial charge in [0.1, 0.15) is 0 Å². The van der Waals surface area contributed by atoms with Gasteiger partial charge in [-0.2, -0.15) is 0 Å². The van der Waals surface area contributed by atoms with Crippen molar-refractivity contribution in [3.63, 3.8) is 0 Å². The first-order valence-electron chi connectivity index (χ1n) is 14.8. The van der Waals surface area contributed by atoms with E-state index in [1.807, 2.05) is 11.8 Å². The lowest BCUT2D eigenvalue weighted by atomic mass is 10.0. The fraction of sp³-hybridized carbons (Fsp3) is 0.231. The molecule has 212 valence electrons. The second-order valence-corrected chi connectivity index (χ2v) is 15.1. The topological polar surface area (TPSA) is 3.24 Å². The van der Waals surface area contributed by atoms with Gasteiger partial charge in [0.05, 0.1) is 17.1 Å². The molecule has 5 aromatic rings. The largest absolute Gasteiger partial charge is 0.308 e. The molecule has 0 atom stereocenters. The first kappa shape index (κ1) is 28.8. The van der Waals surface area contributed by atoms with E-state index >= 15 is 0 Å². The summed E-state index contributed by atoms with van der Waals surface area (Å²) in [6.07, 6.45) is 0. The van der Waals surface area contributed by atoms with Gasteiger partial charge in [0.25, 0.3) is 0 Å². The van der Waals surface area contributed by atoms with Gasteiger partial charge in [-0.25, -0.2) is 0 Å².